The zero-order valence-corrected chi connectivity index (χ0v) is 19.9. The van der Waals surface area contributed by atoms with E-state index in [4.69, 9.17) is 14.2 Å². The predicted octanol–water partition coefficient (Wildman–Crippen LogP) is 4.85. The summed E-state index contributed by atoms with van der Waals surface area (Å²) in [6.45, 7) is 2.30. The molecule has 5 rings (SSSR count). The summed E-state index contributed by atoms with van der Waals surface area (Å²) in [6, 6.07) is 8.08. The zero-order chi connectivity index (χ0) is 23.7. The number of hydrogen-bond donors (Lipinski definition) is 1. The molecule has 8 nitrogen and oxygen atoms in total. The molecule has 34 heavy (non-hydrogen) atoms. The first-order valence-electron chi connectivity index (χ1n) is 11.3. The molecule has 3 heterocycles. The minimum Gasteiger partial charge on any atom is -0.486 e. The van der Waals surface area contributed by atoms with Crippen LogP contribution in [0.3, 0.4) is 0 Å². The van der Waals surface area contributed by atoms with Crippen molar-refractivity contribution in [3.05, 3.63) is 48.0 Å². The number of aryl methyl sites for hydroxylation is 1. The summed E-state index contributed by atoms with van der Waals surface area (Å²) in [6.07, 6.45) is 3.40. The van der Waals surface area contributed by atoms with Crippen LogP contribution >= 0.6 is 0 Å². The third-order valence-electron chi connectivity index (χ3n) is 6.06. The second kappa shape index (κ2) is 9.44. The van der Waals surface area contributed by atoms with Gasteiger partial charge in [0.25, 0.3) is 0 Å². The number of methoxy groups -OCH3 is 1. The number of ether oxygens (including phenoxy) is 3. The summed E-state index contributed by atoms with van der Waals surface area (Å²) in [5, 5.41) is 4.10. The van der Waals surface area contributed by atoms with Gasteiger partial charge in [-0.1, -0.05) is 0 Å². The van der Waals surface area contributed by atoms with Gasteiger partial charge >= 0.3 is 0 Å². The molecule has 0 aliphatic carbocycles. The highest BCUT2D eigenvalue weighted by molar-refractivity contribution is 7.95. The van der Waals surface area contributed by atoms with Gasteiger partial charge in [-0.15, -0.1) is 0 Å². The Kier molecular flexibility index (Phi) is 6.37. The van der Waals surface area contributed by atoms with Crippen LogP contribution in [0, 0.1) is 12.7 Å². The molecule has 1 aromatic heterocycles. The van der Waals surface area contributed by atoms with E-state index in [1.54, 1.807) is 13.2 Å². The highest BCUT2D eigenvalue weighted by atomic mass is 32.2. The van der Waals surface area contributed by atoms with E-state index in [-0.39, 0.29) is 12.4 Å². The van der Waals surface area contributed by atoms with Crippen molar-refractivity contribution in [1.82, 2.24) is 9.97 Å². The number of nitrogens with one attached hydrogen (secondary N) is 1. The Morgan fingerprint density at radius 2 is 2.06 bits per heavy atom. The minimum atomic E-state index is -2.12. The standard InChI is InChI=1S/C24H27FN4O4S/c1-15-10-17(29-34(30)8-3-9-34)12-20-23(15)24(27-14-26-20)28-19-6-4-16(25)11-21(19)33-18-5-7-22(31-2)32-13-18/h4,6,10-12,14,18,22H,3,5,7-9,13H2,1-2H3,(H,26,27,28)/t18-,22+/m1/s1. The topological polar surface area (TPSA) is 94.9 Å². The lowest BCUT2D eigenvalue weighted by atomic mass is 10.1. The molecule has 180 valence electrons. The molecule has 2 saturated heterocycles. The molecule has 3 aromatic rings. The second-order valence-electron chi connectivity index (χ2n) is 8.59. The van der Waals surface area contributed by atoms with Crippen LogP contribution in [0.2, 0.25) is 0 Å². The van der Waals surface area contributed by atoms with Crippen molar-refractivity contribution in [2.45, 2.75) is 38.6 Å². The van der Waals surface area contributed by atoms with E-state index < -0.39 is 15.5 Å². The van der Waals surface area contributed by atoms with Crippen molar-refractivity contribution in [3.63, 3.8) is 0 Å². The Labute approximate surface area is 198 Å². The molecule has 2 aromatic carbocycles. The SMILES string of the molecule is CO[C@@H]1CC[C@@H](Oc2cc(F)ccc2Nc2ncnc3cc(N=S4(=O)CCC4)cc(C)c23)CO1. The lowest BCUT2D eigenvalue weighted by molar-refractivity contribution is -0.168. The van der Waals surface area contributed by atoms with Crippen molar-refractivity contribution >= 4 is 37.8 Å². The van der Waals surface area contributed by atoms with E-state index in [2.05, 4.69) is 19.6 Å². The van der Waals surface area contributed by atoms with Gasteiger partial charge in [0.2, 0.25) is 0 Å². The van der Waals surface area contributed by atoms with Gasteiger partial charge in [0.15, 0.2) is 6.29 Å². The minimum absolute atomic E-state index is 0.213. The summed E-state index contributed by atoms with van der Waals surface area (Å²) in [4.78, 5) is 8.83. The van der Waals surface area contributed by atoms with Crippen LogP contribution in [0.4, 0.5) is 21.6 Å². The molecule has 10 heteroatoms. The smallest absolute Gasteiger partial charge is 0.157 e. The lowest BCUT2D eigenvalue weighted by Crippen LogP contribution is -2.34. The molecule has 0 radical (unpaired) electrons. The van der Waals surface area contributed by atoms with Gasteiger partial charge in [0, 0.05) is 36.5 Å². The molecule has 2 aliphatic heterocycles. The first-order valence-corrected chi connectivity index (χ1v) is 13.1. The fourth-order valence-corrected chi connectivity index (χ4v) is 5.64. The fraction of sp³-hybridized carbons (Fsp3) is 0.417. The Morgan fingerprint density at radius 1 is 1.21 bits per heavy atom. The van der Waals surface area contributed by atoms with E-state index >= 15 is 0 Å². The molecule has 0 saturated carbocycles. The van der Waals surface area contributed by atoms with Gasteiger partial charge in [-0.25, -0.2) is 18.6 Å². The average Bonchev–Trinajstić information content (AvgIpc) is 2.80. The summed E-state index contributed by atoms with van der Waals surface area (Å²) in [5.74, 6) is 1.84. The molecule has 0 amide bonds. The highest BCUT2D eigenvalue weighted by Gasteiger charge is 2.24. The van der Waals surface area contributed by atoms with Crippen molar-refractivity contribution < 1.29 is 22.8 Å². The summed E-state index contributed by atoms with van der Waals surface area (Å²) in [7, 11) is -0.509. The molecule has 2 atom stereocenters. The van der Waals surface area contributed by atoms with Gasteiger partial charge in [-0.2, -0.15) is 4.36 Å². The van der Waals surface area contributed by atoms with Gasteiger partial charge in [0.1, 0.15) is 29.8 Å². The Hall–Kier alpha value is -2.82. The van der Waals surface area contributed by atoms with Crippen LogP contribution in [0.25, 0.3) is 10.9 Å². The second-order valence-corrected chi connectivity index (χ2v) is 11.1. The quantitative estimate of drug-likeness (QED) is 0.532. The van der Waals surface area contributed by atoms with Crippen LogP contribution in [0.15, 0.2) is 41.0 Å². The third kappa shape index (κ3) is 4.84. The van der Waals surface area contributed by atoms with Crippen molar-refractivity contribution in [2.24, 2.45) is 4.36 Å². The molecule has 2 aliphatic rings. The largest absolute Gasteiger partial charge is 0.486 e. The van der Waals surface area contributed by atoms with Crippen molar-refractivity contribution in [1.29, 1.82) is 0 Å². The maximum absolute atomic E-state index is 14.1. The predicted molar refractivity (Wildman–Crippen MR) is 129 cm³/mol. The number of fused-ring (bicyclic) bond motifs is 1. The van der Waals surface area contributed by atoms with E-state index in [0.717, 1.165) is 23.8 Å². The summed E-state index contributed by atoms with van der Waals surface area (Å²) in [5.41, 5.74) is 2.84. The molecule has 1 N–H and O–H groups in total. The van der Waals surface area contributed by atoms with Crippen molar-refractivity contribution in [2.75, 3.05) is 30.5 Å². The van der Waals surface area contributed by atoms with Crippen LogP contribution < -0.4 is 10.1 Å². The highest BCUT2D eigenvalue weighted by Crippen LogP contribution is 2.35. The first kappa shape index (κ1) is 22.9. The van der Waals surface area contributed by atoms with E-state index in [9.17, 15) is 8.60 Å². The van der Waals surface area contributed by atoms with E-state index in [1.807, 2.05) is 19.1 Å². The van der Waals surface area contributed by atoms with Crippen LogP contribution in [0.5, 0.6) is 5.75 Å². The van der Waals surface area contributed by atoms with E-state index in [0.29, 0.717) is 53.0 Å². The molecule has 0 bridgehead atoms. The fourth-order valence-electron chi connectivity index (χ4n) is 4.18. The number of benzene rings is 2. The Balaban J connectivity index is 1.44. The number of halogens is 1. The van der Waals surface area contributed by atoms with Gasteiger partial charge in [0.05, 0.1) is 33.2 Å². The number of hydrogen-bond acceptors (Lipinski definition) is 8. The maximum Gasteiger partial charge on any atom is 0.157 e. The molecule has 2 fully saturated rings. The van der Waals surface area contributed by atoms with Crippen LogP contribution in [0.1, 0.15) is 24.8 Å². The lowest BCUT2D eigenvalue weighted by Gasteiger charge is -2.29. The molecular weight excluding hydrogens is 459 g/mol. The number of nitrogens with zero attached hydrogens (tertiary/aromatic N) is 3. The number of anilines is 2. The van der Waals surface area contributed by atoms with Gasteiger partial charge < -0.3 is 19.5 Å². The summed E-state index contributed by atoms with van der Waals surface area (Å²) >= 11 is 0. The molecule has 0 spiro atoms. The normalized spacial score (nSPS) is 21.6. The molecule has 0 unspecified atom stereocenters. The van der Waals surface area contributed by atoms with Crippen LogP contribution in [-0.4, -0.2) is 51.8 Å². The monoisotopic (exact) mass is 486 g/mol. The Morgan fingerprint density at radius 3 is 2.76 bits per heavy atom. The zero-order valence-electron chi connectivity index (χ0n) is 19.1. The van der Waals surface area contributed by atoms with Crippen LogP contribution in [-0.2, 0) is 19.2 Å². The van der Waals surface area contributed by atoms with E-state index in [1.165, 1.54) is 18.5 Å². The summed E-state index contributed by atoms with van der Waals surface area (Å²) < 4.78 is 48.0. The van der Waals surface area contributed by atoms with Gasteiger partial charge in [-0.3, -0.25) is 0 Å². The molecular formula is C24H27FN4O4S. The first-order chi connectivity index (χ1) is 16.4. The Bertz CT molecular complexity index is 1320. The van der Waals surface area contributed by atoms with Gasteiger partial charge in [-0.05, 0) is 49.6 Å². The van der Waals surface area contributed by atoms with Crippen molar-refractivity contribution in [3.8, 4) is 5.75 Å². The maximum atomic E-state index is 14.1. The third-order valence-corrected chi connectivity index (χ3v) is 8.46. The average molecular weight is 487 g/mol. The number of aromatic nitrogens is 2. The number of rotatable bonds is 6.